The molecular weight excluding hydrogens is 324 g/mol. The second kappa shape index (κ2) is 7.16. The smallest absolute Gasteiger partial charge is 0.222 e. The fourth-order valence-corrected chi connectivity index (χ4v) is 7.52. The first kappa shape index (κ1) is 19.7. The van der Waals surface area contributed by atoms with Gasteiger partial charge in [-0.25, -0.2) is 0 Å². The van der Waals surface area contributed by atoms with Gasteiger partial charge in [-0.1, -0.05) is 27.7 Å². The van der Waals surface area contributed by atoms with Crippen molar-refractivity contribution in [2.45, 2.75) is 85.1 Å². The summed E-state index contributed by atoms with van der Waals surface area (Å²) in [6.45, 7) is 8.92. The zero-order chi connectivity index (χ0) is 19.1. The first-order chi connectivity index (χ1) is 12.4. The molecule has 3 saturated carbocycles. The van der Waals surface area contributed by atoms with Crippen LogP contribution in [0.2, 0.25) is 0 Å². The molecule has 1 N–H and O–H groups in total. The predicted molar refractivity (Wildman–Crippen MR) is 105 cm³/mol. The van der Waals surface area contributed by atoms with Crippen LogP contribution < -0.4 is 0 Å². The zero-order valence-corrected chi connectivity index (χ0v) is 17.4. The van der Waals surface area contributed by atoms with E-state index in [-0.39, 0.29) is 0 Å². The van der Waals surface area contributed by atoms with E-state index >= 15 is 0 Å². The summed E-state index contributed by atoms with van der Waals surface area (Å²) < 4.78 is 0. The van der Waals surface area contributed by atoms with Gasteiger partial charge in [0.1, 0.15) is 0 Å². The molecule has 26 heavy (non-hydrogen) atoms. The van der Waals surface area contributed by atoms with Crippen molar-refractivity contribution < 1.29 is 10.0 Å². The molecule has 3 aliphatic carbocycles. The van der Waals surface area contributed by atoms with Gasteiger partial charge in [0, 0.05) is 31.6 Å². The Morgan fingerprint density at radius 2 is 1.73 bits per heavy atom. The van der Waals surface area contributed by atoms with E-state index in [2.05, 4.69) is 23.9 Å². The Morgan fingerprint density at radius 3 is 2.42 bits per heavy atom. The minimum Gasteiger partial charge on any atom is -0.411 e. The van der Waals surface area contributed by atoms with Crippen molar-refractivity contribution in [1.29, 1.82) is 0 Å². The molecular formula is C22H38N2O2. The third-order valence-electron chi connectivity index (χ3n) is 8.88. The minimum absolute atomic E-state index is 0.302. The number of hydrogen-bond acceptors (Lipinski definition) is 3. The maximum Gasteiger partial charge on any atom is 0.222 e. The molecule has 7 unspecified atom stereocenters. The predicted octanol–water partition coefficient (Wildman–Crippen LogP) is 4.95. The van der Waals surface area contributed by atoms with Crippen LogP contribution in [0.1, 0.15) is 79.1 Å². The van der Waals surface area contributed by atoms with Crippen LogP contribution in [0.5, 0.6) is 0 Å². The number of hydrogen-bond donors (Lipinski definition) is 1. The molecule has 4 fully saturated rings. The highest BCUT2D eigenvalue weighted by Gasteiger charge is 2.60. The molecule has 1 aliphatic heterocycles. The monoisotopic (exact) mass is 362 g/mol. The average Bonchev–Trinajstić information content (AvgIpc) is 2.97. The largest absolute Gasteiger partial charge is 0.411 e. The van der Waals surface area contributed by atoms with Gasteiger partial charge >= 0.3 is 0 Å². The lowest BCUT2D eigenvalue weighted by Crippen LogP contribution is -2.61. The number of rotatable bonds is 1. The molecule has 4 heteroatoms. The molecule has 0 aromatic heterocycles. The number of carbonyl (C=O) groups excluding carboxylic acids is 1. The normalized spacial score (nSPS) is 47.7. The fraction of sp³-hybridized carbons (Fsp3) is 0.909. The number of nitrogens with zero attached hydrogens (tertiary/aromatic N) is 2. The van der Waals surface area contributed by atoms with E-state index in [1.54, 1.807) is 6.21 Å². The second-order valence-corrected chi connectivity index (χ2v) is 9.47. The number of amides is 1. The molecule has 0 bridgehead atoms. The highest BCUT2D eigenvalue weighted by molar-refractivity contribution is 5.77. The number of oxime groups is 1. The zero-order valence-electron chi connectivity index (χ0n) is 17.4. The Kier molecular flexibility index (Phi) is 5.43. The molecule has 1 amide bonds. The van der Waals surface area contributed by atoms with Gasteiger partial charge in [0.05, 0.1) is 0 Å². The maximum atomic E-state index is 12.2. The van der Waals surface area contributed by atoms with Gasteiger partial charge in [0.25, 0.3) is 0 Å². The Bertz CT molecular complexity index is 562. The first-order valence-corrected chi connectivity index (χ1v) is 10.8. The SMILES string of the molecule is CC.CN1C(=O)CCC2(C)C3CCC4(C)C(C=NO)CCC4C3CCC12. The first-order valence-electron chi connectivity index (χ1n) is 10.8. The van der Waals surface area contributed by atoms with Gasteiger partial charge in [-0.3, -0.25) is 4.79 Å². The molecule has 1 saturated heterocycles. The topological polar surface area (TPSA) is 52.9 Å². The maximum absolute atomic E-state index is 12.2. The van der Waals surface area contributed by atoms with E-state index in [1.807, 2.05) is 20.9 Å². The van der Waals surface area contributed by atoms with Gasteiger partial charge in [-0.15, -0.1) is 5.16 Å². The lowest BCUT2D eigenvalue weighted by molar-refractivity contribution is -0.157. The van der Waals surface area contributed by atoms with Gasteiger partial charge in [0.2, 0.25) is 5.91 Å². The molecule has 7 atom stereocenters. The molecule has 0 spiro atoms. The average molecular weight is 363 g/mol. The van der Waals surface area contributed by atoms with Crippen molar-refractivity contribution in [3.63, 3.8) is 0 Å². The van der Waals surface area contributed by atoms with E-state index in [0.717, 1.165) is 30.6 Å². The fourth-order valence-electron chi connectivity index (χ4n) is 7.52. The summed E-state index contributed by atoms with van der Waals surface area (Å²) in [5, 5.41) is 12.4. The number of carbonyl (C=O) groups is 1. The Balaban J connectivity index is 0.000000948. The van der Waals surface area contributed by atoms with Crippen LogP contribution in [0, 0.1) is 34.5 Å². The minimum atomic E-state index is 0.302. The lowest BCUT2D eigenvalue weighted by atomic mass is 9.47. The standard InChI is InChI=1S/C20H32N2O2.C2H6/c1-19-10-8-16-14(15(19)6-4-13(19)12-21-24)5-7-17-20(16,2)11-9-18(23)22(17)3;1-2/h12-17,24H,4-11H2,1-3H3;1-2H3. The highest BCUT2D eigenvalue weighted by atomic mass is 16.4. The summed E-state index contributed by atoms with van der Waals surface area (Å²) in [6, 6.07) is 0.445. The van der Waals surface area contributed by atoms with Gasteiger partial charge < -0.3 is 10.1 Å². The van der Waals surface area contributed by atoms with E-state index < -0.39 is 0 Å². The van der Waals surface area contributed by atoms with Crippen molar-refractivity contribution in [1.82, 2.24) is 4.90 Å². The third kappa shape index (κ3) is 2.70. The molecule has 4 aliphatic rings. The Hall–Kier alpha value is -1.06. The van der Waals surface area contributed by atoms with Crippen LogP contribution in [0.3, 0.4) is 0 Å². The van der Waals surface area contributed by atoms with Crippen LogP contribution in [0.4, 0.5) is 0 Å². The summed E-state index contributed by atoms with van der Waals surface area (Å²) in [6.07, 6.45) is 11.0. The van der Waals surface area contributed by atoms with Crippen LogP contribution >= 0.6 is 0 Å². The van der Waals surface area contributed by atoms with Crippen LogP contribution in [0.15, 0.2) is 5.16 Å². The van der Waals surface area contributed by atoms with Crippen molar-refractivity contribution in [2.75, 3.05) is 7.05 Å². The number of piperidine rings is 1. The second-order valence-electron chi connectivity index (χ2n) is 9.47. The number of likely N-dealkylation sites (tertiary alicyclic amines) is 1. The molecule has 0 aromatic carbocycles. The van der Waals surface area contributed by atoms with Crippen molar-refractivity contribution in [2.24, 2.45) is 39.7 Å². The van der Waals surface area contributed by atoms with Gasteiger partial charge in [0.15, 0.2) is 0 Å². The molecule has 0 radical (unpaired) electrons. The van der Waals surface area contributed by atoms with Crippen LogP contribution in [0.25, 0.3) is 0 Å². The van der Waals surface area contributed by atoms with E-state index in [1.165, 1.54) is 38.5 Å². The summed E-state index contributed by atoms with van der Waals surface area (Å²) in [5.41, 5.74) is 0.614. The van der Waals surface area contributed by atoms with Gasteiger partial charge in [-0.05, 0) is 73.5 Å². The Morgan fingerprint density at radius 1 is 1.04 bits per heavy atom. The molecule has 0 aromatic rings. The summed E-state index contributed by atoms with van der Waals surface area (Å²) in [4.78, 5) is 14.3. The van der Waals surface area contributed by atoms with Crippen LogP contribution in [-0.4, -0.2) is 35.3 Å². The number of fused-ring (bicyclic) bond motifs is 5. The molecule has 1 heterocycles. The summed E-state index contributed by atoms with van der Waals surface area (Å²) in [7, 11) is 2.03. The quantitative estimate of drug-likeness (QED) is 0.407. The van der Waals surface area contributed by atoms with Crippen molar-refractivity contribution in [3.8, 4) is 0 Å². The van der Waals surface area contributed by atoms with E-state index in [0.29, 0.717) is 28.7 Å². The lowest BCUT2D eigenvalue weighted by Gasteiger charge is -2.61. The summed E-state index contributed by atoms with van der Waals surface area (Å²) in [5.74, 6) is 3.10. The molecule has 4 nitrogen and oxygen atoms in total. The van der Waals surface area contributed by atoms with E-state index in [9.17, 15) is 4.79 Å². The molecule has 4 rings (SSSR count). The molecule has 148 valence electrons. The third-order valence-corrected chi connectivity index (χ3v) is 8.88. The van der Waals surface area contributed by atoms with Crippen molar-refractivity contribution in [3.05, 3.63) is 0 Å². The summed E-state index contributed by atoms with van der Waals surface area (Å²) >= 11 is 0. The Labute approximate surface area is 159 Å². The van der Waals surface area contributed by atoms with E-state index in [4.69, 9.17) is 5.21 Å². The van der Waals surface area contributed by atoms with Gasteiger partial charge in [-0.2, -0.15) is 0 Å². The van der Waals surface area contributed by atoms with Crippen molar-refractivity contribution >= 4 is 12.1 Å². The highest BCUT2D eigenvalue weighted by Crippen LogP contribution is 2.65. The van der Waals surface area contributed by atoms with Crippen LogP contribution in [-0.2, 0) is 4.79 Å².